The Labute approximate surface area is 67.5 Å². The summed E-state index contributed by atoms with van der Waals surface area (Å²) in [5, 5.41) is 3.62. The molecule has 0 aromatic heterocycles. The van der Waals surface area contributed by atoms with E-state index in [1.807, 2.05) is 21.1 Å². The molecule has 0 aromatic rings. The first-order chi connectivity index (χ1) is 4.95. The van der Waals surface area contributed by atoms with Crippen LogP contribution in [-0.4, -0.2) is 44.3 Å². The van der Waals surface area contributed by atoms with Crippen LogP contribution in [0.15, 0.2) is 5.10 Å². The third kappa shape index (κ3) is 6.99. The number of quaternary nitrogens is 1. The van der Waals surface area contributed by atoms with Gasteiger partial charge in [-0.15, -0.1) is 0 Å². The van der Waals surface area contributed by atoms with E-state index >= 15 is 0 Å². The Balaban J connectivity index is 3.70. The predicted octanol–water partition coefficient (Wildman–Crippen LogP) is -0.185. The Morgan fingerprint density at radius 1 is 1.55 bits per heavy atom. The molecular weight excluding hydrogens is 142 g/mol. The minimum atomic E-state index is -0.0596. The molecule has 4 heteroatoms. The van der Waals surface area contributed by atoms with Gasteiger partial charge in [-0.1, -0.05) is 0 Å². The summed E-state index contributed by atoms with van der Waals surface area (Å²) < 4.78 is 0.616. The fourth-order valence-electron chi connectivity index (χ4n) is 0.603. The number of hydrogen-bond acceptors (Lipinski definition) is 2. The number of hydrogen-bond donors (Lipinski definition) is 1. The Morgan fingerprint density at radius 2 is 2.09 bits per heavy atom. The lowest BCUT2D eigenvalue weighted by Gasteiger charge is -2.21. The molecule has 0 aromatic carbocycles. The normalized spacial score (nSPS) is 12.0. The number of likely N-dealkylation sites (N-methyl/N-ethyl adjacent to an activating group) is 1. The van der Waals surface area contributed by atoms with Gasteiger partial charge in [0.2, 0.25) is 0 Å². The SMILES string of the molecule is CC=NNC(=O)C[N+](C)(C)C. The summed E-state index contributed by atoms with van der Waals surface area (Å²) in [6.07, 6.45) is 1.55. The van der Waals surface area contributed by atoms with Crippen LogP contribution in [0, 0.1) is 0 Å². The molecule has 0 rings (SSSR count). The van der Waals surface area contributed by atoms with E-state index in [4.69, 9.17) is 0 Å². The van der Waals surface area contributed by atoms with Gasteiger partial charge in [-0.05, 0) is 6.92 Å². The molecule has 0 atom stereocenters. The van der Waals surface area contributed by atoms with Crippen molar-refractivity contribution in [3.63, 3.8) is 0 Å². The minimum absolute atomic E-state index is 0.0596. The molecule has 0 heterocycles. The summed E-state index contributed by atoms with van der Waals surface area (Å²) in [7, 11) is 5.86. The van der Waals surface area contributed by atoms with Crippen LogP contribution in [0.4, 0.5) is 0 Å². The summed E-state index contributed by atoms with van der Waals surface area (Å²) in [6, 6.07) is 0. The summed E-state index contributed by atoms with van der Waals surface area (Å²) in [4.78, 5) is 11.0. The fraction of sp³-hybridized carbons (Fsp3) is 0.714. The molecule has 1 amide bonds. The molecule has 0 aliphatic heterocycles. The first-order valence-electron chi connectivity index (χ1n) is 3.52. The van der Waals surface area contributed by atoms with E-state index in [-0.39, 0.29) is 5.91 Å². The van der Waals surface area contributed by atoms with Crippen LogP contribution in [0.25, 0.3) is 0 Å². The van der Waals surface area contributed by atoms with Gasteiger partial charge in [0.1, 0.15) is 0 Å². The highest BCUT2D eigenvalue weighted by Crippen LogP contribution is 1.87. The van der Waals surface area contributed by atoms with Crippen molar-refractivity contribution in [3.05, 3.63) is 0 Å². The van der Waals surface area contributed by atoms with Gasteiger partial charge in [-0.3, -0.25) is 4.79 Å². The molecule has 1 N–H and O–H groups in total. The van der Waals surface area contributed by atoms with Crippen molar-refractivity contribution >= 4 is 12.1 Å². The smallest absolute Gasteiger partial charge is 0.295 e. The largest absolute Gasteiger partial charge is 0.323 e. The lowest BCUT2D eigenvalue weighted by atomic mass is 10.5. The van der Waals surface area contributed by atoms with Crippen LogP contribution in [0.2, 0.25) is 0 Å². The third-order valence-corrected chi connectivity index (χ3v) is 0.936. The van der Waals surface area contributed by atoms with Crippen molar-refractivity contribution < 1.29 is 9.28 Å². The Morgan fingerprint density at radius 3 is 2.45 bits per heavy atom. The average Bonchev–Trinajstić information content (AvgIpc) is 1.79. The minimum Gasteiger partial charge on any atom is -0.323 e. The average molecular weight is 158 g/mol. The maximum atomic E-state index is 11.0. The summed E-state index contributed by atoms with van der Waals surface area (Å²) in [5.41, 5.74) is 2.40. The quantitative estimate of drug-likeness (QED) is 0.345. The van der Waals surface area contributed by atoms with Crippen molar-refractivity contribution in [2.24, 2.45) is 5.10 Å². The van der Waals surface area contributed by atoms with Gasteiger partial charge < -0.3 is 4.48 Å². The van der Waals surface area contributed by atoms with Crippen LogP contribution < -0.4 is 5.43 Å². The summed E-state index contributed by atoms with van der Waals surface area (Å²) in [5.74, 6) is -0.0596. The van der Waals surface area contributed by atoms with Gasteiger partial charge in [0.15, 0.2) is 6.54 Å². The van der Waals surface area contributed by atoms with Crippen LogP contribution in [0.3, 0.4) is 0 Å². The summed E-state index contributed by atoms with van der Waals surface area (Å²) in [6.45, 7) is 2.20. The number of carbonyl (C=O) groups is 1. The molecule has 11 heavy (non-hydrogen) atoms. The highest BCUT2D eigenvalue weighted by Gasteiger charge is 2.12. The molecule has 4 nitrogen and oxygen atoms in total. The molecule has 0 fully saturated rings. The van der Waals surface area contributed by atoms with Crippen molar-refractivity contribution in [3.8, 4) is 0 Å². The molecule has 0 saturated carbocycles. The lowest BCUT2D eigenvalue weighted by Crippen LogP contribution is -2.43. The third-order valence-electron chi connectivity index (χ3n) is 0.936. The monoisotopic (exact) mass is 158 g/mol. The first-order valence-corrected chi connectivity index (χ1v) is 3.52. The van der Waals surface area contributed by atoms with Gasteiger partial charge in [-0.2, -0.15) is 5.10 Å². The zero-order chi connectivity index (χ0) is 8.91. The highest BCUT2D eigenvalue weighted by molar-refractivity contribution is 5.77. The van der Waals surface area contributed by atoms with Gasteiger partial charge in [0.25, 0.3) is 5.91 Å². The van der Waals surface area contributed by atoms with Gasteiger partial charge in [-0.25, -0.2) is 5.43 Å². The Kier molecular flexibility index (Phi) is 3.74. The molecule has 0 unspecified atom stereocenters. The molecule has 0 aliphatic carbocycles. The number of nitrogens with zero attached hydrogens (tertiary/aromatic N) is 2. The molecule has 0 aliphatic rings. The second kappa shape index (κ2) is 4.08. The van der Waals surface area contributed by atoms with Gasteiger partial charge in [0, 0.05) is 6.21 Å². The van der Waals surface area contributed by atoms with Crippen molar-refractivity contribution in [2.45, 2.75) is 6.92 Å². The van der Waals surface area contributed by atoms with E-state index in [1.165, 1.54) is 0 Å². The lowest BCUT2D eigenvalue weighted by molar-refractivity contribution is -0.862. The number of amides is 1. The van der Waals surface area contributed by atoms with Crippen molar-refractivity contribution in [1.29, 1.82) is 0 Å². The maximum absolute atomic E-state index is 11.0. The maximum Gasteiger partial charge on any atom is 0.295 e. The van der Waals surface area contributed by atoms with Crippen LogP contribution in [-0.2, 0) is 4.79 Å². The van der Waals surface area contributed by atoms with E-state index in [0.717, 1.165) is 0 Å². The zero-order valence-electron chi connectivity index (χ0n) is 7.59. The van der Waals surface area contributed by atoms with Crippen molar-refractivity contribution in [2.75, 3.05) is 27.7 Å². The van der Waals surface area contributed by atoms with Gasteiger partial charge >= 0.3 is 0 Å². The van der Waals surface area contributed by atoms with Crippen LogP contribution >= 0.6 is 0 Å². The predicted molar refractivity (Wildman–Crippen MR) is 45.2 cm³/mol. The fourth-order valence-corrected chi connectivity index (χ4v) is 0.603. The van der Waals surface area contributed by atoms with Gasteiger partial charge in [0.05, 0.1) is 21.1 Å². The number of rotatable bonds is 3. The molecule has 0 spiro atoms. The Bertz CT molecular complexity index is 158. The van der Waals surface area contributed by atoms with E-state index in [1.54, 1.807) is 13.1 Å². The number of hydrazone groups is 1. The Hall–Kier alpha value is -0.900. The topological polar surface area (TPSA) is 41.5 Å². The van der Waals surface area contributed by atoms with E-state index in [9.17, 15) is 4.79 Å². The molecule has 0 bridgehead atoms. The molecular formula is C7H16N3O+. The van der Waals surface area contributed by atoms with E-state index in [0.29, 0.717) is 11.0 Å². The number of nitrogens with one attached hydrogen (secondary N) is 1. The van der Waals surface area contributed by atoms with Crippen molar-refractivity contribution in [1.82, 2.24) is 5.43 Å². The zero-order valence-corrected chi connectivity index (χ0v) is 7.59. The standard InChI is InChI=1S/C7H15N3O/c1-5-8-9-7(11)6-10(2,3)4/h5H,6H2,1-4H3/p+1. The second-order valence-electron chi connectivity index (χ2n) is 3.37. The molecule has 0 saturated heterocycles. The molecule has 0 radical (unpaired) electrons. The van der Waals surface area contributed by atoms with Crippen LogP contribution in [0.1, 0.15) is 6.92 Å². The van der Waals surface area contributed by atoms with E-state index in [2.05, 4.69) is 10.5 Å². The molecule has 64 valence electrons. The number of carbonyl (C=O) groups excluding carboxylic acids is 1. The van der Waals surface area contributed by atoms with E-state index < -0.39 is 0 Å². The highest BCUT2D eigenvalue weighted by atomic mass is 16.2. The first kappa shape index (κ1) is 10.1. The summed E-state index contributed by atoms with van der Waals surface area (Å²) >= 11 is 0. The van der Waals surface area contributed by atoms with Crippen LogP contribution in [0.5, 0.6) is 0 Å². The second-order valence-corrected chi connectivity index (χ2v) is 3.37.